The van der Waals surface area contributed by atoms with Crippen molar-refractivity contribution in [1.82, 2.24) is 9.78 Å². The van der Waals surface area contributed by atoms with Crippen LogP contribution in [0.5, 0.6) is 0 Å². The topological polar surface area (TPSA) is 17.8 Å². The molecular formula is C12H13BrN2. The van der Waals surface area contributed by atoms with Crippen LogP contribution in [0.15, 0.2) is 42.7 Å². The fraction of sp³-hybridized carbons (Fsp3) is 0.250. The lowest BCUT2D eigenvalue weighted by molar-refractivity contribution is 0.564. The maximum atomic E-state index is 4.24. The quantitative estimate of drug-likeness (QED) is 0.778. The van der Waals surface area contributed by atoms with Gasteiger partial charge in [0.1, 0.15) is 0 Å². The molecule has 1 aromatic carbocycles. The molecule has 0 aliphatic carbocycles. The lowest BCUT2D eigenvalue weighted by atomic mass is 10.1. The van der Waals surface area contributed by atoms with E-state index in [1.54, 1.807) is 0 Å². The third-order valence-electron chi connectivity index (χ3n) is 2.54. The minimum Gasteiger partial charge on any atom is -0.266 e. The Balaban J connectivity index is 2.22. The summed E-state index contributed by atoms with van der Waals surface area (Å²) in [5, 5.41) is 5.15. The Morgan fingerprint density at radius 1 is 1.33 bits per heavy atom. The van der Waals surface area contributed by atoms with Crippen molar-refractivity contribution in [3.8, 4) is 0 Å². The predicted molar refractivity (Wildman–Crippen MR) is 65.1 cm³/mol. The van der Waals surface area contributed by atoms with Gasteiger partial charge < -0.3 is 0 Å². The molecule has 0 bridgehead atoms. The van der Waals surface area contributed by atoms with Gasteiger partial charge in [0.15, 0.2) is 0 Å². The van der Waals surface area contributed by atoms with Crippen molar-refractivity contribution in [2.75, 3.05) is 0 Å². The van der Waals surface area contributed by atoms with E-state index in [-0.39, 0.29) is 0 Å². The molecule has 0 aliphatic heterocycles. The van der Waals surface area contributed by atoms with Crippen LogP contribution in [0.25, 0.3) is 0 Å². The molecule has 2 nitrogen and oxygen atoms in total. The van der Waals surface area contributed by atoms with Crippen molar-refractivity contribution in [2.24, 2.45) is 0 Å². The highest BCUT2D eigenvalue weighted by Crippen LogP contribution is 2.17. The first-order valence-corrected chi connectivity index (χ1v) is 6.07. The van der Waals surface area contributed by atoms with E-state index in [0.29, 0.717) is 6.04 Å². The molecule has 3 heteroatoms. The summed E-state index contributed by atoms with van der Waals surface area (Å²) in [6, 6.07) is 10.8. The first kappa shape index (κ1) is 10.4. The fourth-order valence-electron chi connectivity index (χ4n) is 1.55. The number of nitrogens with zero attached hydrogens (tertiary/aromatic N) is 2. The van der Waals surface area contributed by atoms with Crippen LogP contribution in [0.3, 0.4) is 0 Å². The molecule has 0 spiro atoms. The first-order valence-electron chi connectivity index (χ1n) is 4.95. The summed E-state index contributed by atoms with van der Waals surface area (Å²) in [6.07, 6.45) is 3.80. The summed E-state index contributed by atoms with van der Waals surface area (Å²) in [4.78, 5) is 0. The Labute approximate surface area is 98.1 Å². The lowest BCUT2D eigenvalue weighted by Crippen LogP contribution is -2.06. The number of benzene rings is 1. The van der Waals surface area contributed by atoms with E-state index in [0.717, 1.165) is 5.33 Å². The van der Waals surface area contributed by atoms with E-state index in [1.807, 2.05) is 23.1 Å². The standard InChI is InChI=1S/C12H13BrN2/c1-10(15-8-2-7-14-15)12-5-3-11(9-13)4-6-12/h2-8,10H,9H2,1H3. The molecule has 1 aromatic heterocycles. The molecule has 1 heterocycles. The molecule has 1 unspecified atom stereocenters. The highest BCUT2D eigenvalue weighted by atomic mass is 79.9. The molecule has 0 saturated heterocycles. The Bertz CT molecular complexity index is 406. The predicted octanol–water partition coefficient (Wildman–Crippen LogP) is 3.39. The second-order valence-corrected chi connectivity index (χ2v) is 4.10. The van der Waals surface area contributed by atoms with Gasteiger partial charge in [-0.05, 0) is 24.1 Å². The second kappa shape index (κ2) is 4.62. The zero-order valence-corrected chi connectivity index (χ0v) is 10.2. The number of halogens is 1. The van der Waals surface area contributed by atoms with Crippen LogP contribution < -0.4 is 0 Å². The van der Waals surface area contributed by atoms with Gasteiger partial charge in [0.2, 0.25) is 0 Å². The summed E-state index contributed by atoms with van der Waals surface area (Å²) in [7, 11) is 0. The van der Waals surface area contributed by atoms with Crippen LogP contribution in [0.1, 0.15) is 24.1 Å². The number of aromatic nitrogens is 2. The number of hydrogen-bond donors (Lipinski definition) is 0. The van der Waals surface area contributed by atoms with Crippen molar-refractivity contribution in [2.45, 2.75) is 18.3 Å². The van der Waals surface area contributed by atoms with Gasteiger partial charge in [-0.15, -0.1) is 0 Å². The Kier molecular flexibility index (Phi) is 3.21. The summed E-state index contributed by atoms with van der Waals surface area (Å²) in [5.74, 6) is 0. The molecule has 0 aliphatic rings. The molecule has 1 atom stereocenters. The minimum atomic E-state index is 0.296. The molecule has 15 heavy (non-hydrogen) atoms. The van der Waals surface area contributed by atoms with Crippen LogP contribution >= 0.6 is 15.9 Å². The van der Waals surface area contributed by atoms with Crippen LogP contribution in [-0.4, -0.2) is 9.78 Å². The Hall–Kier alpha value is -1.09. The third kappa shape index (κ3) is 2.29. The number of alkyl halides is 1. The van der Waals surface area contributed by atoms with Gasteiger partial charge in [-0.3, -0.25) is 4.68 Å². The summed E-state index contributed by atoms with van der Waals surface area (Å²) in [6.45, 7) is 2.15. The molecule has 2 aromatic rings. The highest BCUT2D eigenvalue weighted by Gasteiger charge is 2.06. The second-order valence-electron chi connectivity index (χ2n) is 3.54. The maximum Gasteiger partial charge on any atom is 0.0740 e. The van der Waals surface area contributed by atoms with Gasteiger partial charge >= 0.3 is 0 Å². The number of rotatable bonds is 3. The van der Waals surface area contributed by atoms with E-state index in [2.05, 4.69) is 52.2 Å². The molecule has 78 valence electrons. The van der Waals surface area contributed by atoms with Gasteiger partial charge in [0, 0.05) is 17.7 Å². The van der Waals surface area contributed by atoms with E-state index in [9.17, 15) is 0 Å². The lowest BCUT2D eigenvalue weighted by Gasteiger charge is -2.12. The zero-order valence-electron chi connectivity index (χ0n) is 8.60. The van der Waals surface area contributed by atoms with Gasteiger partial charge in [0.25, 0.3) is 0 Å². The molecule has 0 fully saturated rings. The van der Waals surface area contributed by atoms with Crippen LogP contribution in [0.2, 0.25) is 0 Å². The monoisotopic (exact) mass is 264 g/mol. The van der Waals surface area contributed by atoms with Gasteiger partial charge in [-0.1, -0.05) is 40.2 Å². The van der Waals surface area contributed by atoms with Crippen molar-refractivity contribution in [1.29, 1.82) is 0 Å². The number of hydrogen-bond acceptors (Lipinski definition) is 1. The van der Waals surface area contributed by atoms with Crippen molar-refractivity contribution < 1.29 is 0 Å². The van der Waals surface area contributed by atoms with Crippen molar-refractivity contribution in [3.05, 3.63) is 53.9 Å². The molecular weight excluding hydrogens is 252 g/mol. The summed E-state index contributed by atoms with van der Waals surface area (Å²) < 4.78 is 1.96. The zero-order chi connectivity index (χ0) is 10.7. The first-order chi connectivity index (χ1) is 7.31. The van der Waals surface area contributed by atoms with E-state index in [4.69, 9.17) is 0 Å². The van der Waals surface area contributed by atoms with Gasteiger partial charge in [0.05, 0.1) is 6.04 Å². The average Bonchev–Trinajstić information content (AvgIpc) is 2.82. The molecule has 0 amide bonds. The minimum absolute atomic E-state index is 0.296. The van der Waals surface area contributed by atoms with E-state index < -0.39 is 0 Å². The molecule has 0 saturated carbocycles. The average molecular weight is 265 g/mol. The maximum absolute atomic E-state index is 4.24. The van der Waals surface area contributed by atoms with Crippen molar-refractivity contribution in [3.63, 3.8) is 0 Å². The van der Waals surface area contributed by atoms with Crippen LogP contribution in [0, 0.1) is 0 Å². The molecule has 2 rings (SSSR count). The van der Waals surface area contributed by atoms with Crippen molar-refractivity contribution >= 4 is 15.9 Å². The smallest absolute Gasteiger partial charge is 0.0740 e. The van der Waals surface area contributed by atoms with E-state index >= 15 is 0 Å². The van der Waals surface area contributed by atoms with Crippen LogP contribution in [-0.2, 0) is 5.33 Å². The molecule has 0 radical (unpaired) electrons. The summed E-state index contributed by atoms with van der Waals surface area (Å²) >= 11 is 3.44. The third-order valence-corrected chi connectivity index (χ3v) is 3.19. The Morgan fingerprint density at radius 2 is 2.07 bits per heavy atom. The van der Waals surface area contributed by atoms with Gasteiger partial charge in [-0.25, -0.2) is 0 Å². The SMILES string of the molecule is CC(c1ccc(CBr)cc1)n1cccn1. The summed E-state index contributed by atoms with van der Waals surface area (Å²) in [5.41, 5.74) is 2.58. The highest BCUT2D eigenvalue weighted by molar-refractivity contribution is 9.08. The Morgan fingerprint density at radius 3 is 2.60 bits per heavy atom. The van der Waals surface area contributed by atoms with E-state index in [1.165, 1.54) is 11.1 Å². The molecule has 0 N–H and O–H groups in total. The largest absolute Gasteiger partial charge is 0.266 e. The normalized spacial score (nSPS) is 12.7. The van der Waals surface area contributed by atoms with Gasteiger partial charge in [-0.2, -0.15) is 5.10 Å². The van der Waals surface area contributed by atoms with Crippen LogP contribution in [0.4, 0.5) is 0 Å². The fourth-order valence-corrected chi connectivity index (χ4v) is 1.92.